The van der Waals surface area contributed by atoms with E-state index < -0.39 is 0 Å². The molecule has 5 heteroatoms. The van der Waals surface area contributed by atoms with Gasteiger partial charge in [0.25, 0.3) is 0 Å². The number of pyridine rings is 1. The van der Waals surface area contributed by atoms with Gasteiger partial charge in [0.15, 0.2) is 0 Å². The van der Waals surface area contributed by atoms with Crippen LogP contribution < -0.4 is 10.6 Å². The van der Waals surface area contributed by atoms with Crippen molar-refractivity contribution in [1.29, 1.82) is 5.26 Å². The molecular weight excluding hydrogens is 262 g/mol. The molecule has 1 aromatic carbocycles. The molecule has 1 aliphatic rings. The fourth-order valence-electron chi connectivity index (χ4n) is 2.69. The molecule has 0 bridgehead atoms. The number of nitriles is 1. The van der Waals surface area contributed by atoms with Crippen LogP contribution in [-0.4, -0.2) is 49.2 Å². The molecule has 0 atom stereocenters. The molecule has 0 amide bonds. The Hall–Kier alpha value is -2.16. The highest BCUT2D eigenvalue weighted by Crippen LogP contribution is 2.24. The van der Waals surface area contributed by atoms with E-state index in [2.05, 4.69) is 26.6 Å². The molecule has 108 valence electrons. The summed E-state index contributed by atoms with van der Waals surface area (Å²) in [6.07, 6.45) is 1.65. The van der Waals surface area contributed by atoms with Crippen LogP contribution in [0.1, 0.15) is 5.56 Å². The third-order valence-corrected chi connectivity index (χ3v) is 3.84. The summed E-state index contributed by atoms with van der Waals surface area (Å²) in [4.78, 5) is 6.76. The van der Waals surface area contributed by atoms with Crippen molar-refractivity contribution in [3.8, 4) is 6.07 Å². The Kier molecular flexibility index (Phi) is 4.29. The van der Waals surface area contributed by atoms with Crippen molar-refractivity contribution >= 4 is 16.6 Å². The van der Waals surface area contributed by atoms with E-state index in [1.54, 1.807) is 6.20 Å². The zero-order valence-electron chi connectivity index (χ0n) is 12.0. The fourth-order valence-corrected chi connectivity index (χ4v) is 2.69. The summed E-state index contributed by atoms with van der Waals surface area (Å²) in [5.74, 6) is 0. The molecule has 0 aliphatic carbocycles. The van der Waals surface area contributed by atoms with Crippen LogP contribution in [0.15, 0.2) is 30.5 Å². The van der Waals surface area contributed by atoms with E-state index in [1.165, 1.54) is 0 Å². The first kappa shape index (κ1) is 13.8. The lowest BCUT2D eigenvalue weighted by Crippen LogP contribution is -2.45. The summed E-state index contributed by atoms with van der Waals surface area (Å²) in [6.45, 7) is 6.11. The first-order chi connectivity index (χ1) is 10.4. The van der Waals surface area contributed by atoms with Crippen molar-refractivity contribution in [2.45, 2.75) is 0 Å². The number of fused-ring (bicyclic) bond motifs is 1. The standard InChI is InChI=1S/C16H19N5/c17-11-13-12-20-15-4-2-1-3-14(15)16(13)19-7-10-21-8-5-18-6-9-21/h1-4,12,18H,5-10H2,(H,19,20). The summed E-state index contributed by atoms with van der Waals surface area (Å²) in [5, 5.41) is 17.1. The Bertz CT molecular complexity index is 655. The van der Waals surface area contributed by atoms with Gasteiger partial charge >= 0.3 is 0 Å². The van der Waals surface area contributed by atoms with E-state index >= 15 is 0 Å². The SMILES string of the molecule is N#Cc1cnc2ccccc2c1NCCN1CCNCC1. The van der Waals surface area contributed by atoms with Crippen LogP contribution in [0, 0.1) is 11.3 Å². The molecule has 2 N–H and O–H groups in total. The van der Waals surface area contributed by atoms with Crippen LogP contribution in [0.2, 0.25) is 0 Å². The van der Waals surface area contributed by atoms with Crippen molar-refractivity contribution in [2.24, 2.45) is 0 Å². The third-order valence-electron chi connectivity index (χ3n) is 3.84. The predicted octanol–water partition coefficient (Wildman–Crippen LogP) is 1.42. The molecule has 1 fully saturated rings. The fraction of sp³-hybridized carbons (Fsp3) is 0.375. The molecule has 1 aromatic heterocycles. The Morgan fingerprint density at radius 2 is 2.10 bits per heavy atom. The van der Waals surface area contributed by atoms with E-state index in [1.807, 2.05) is 24.3 Å². The lowest BCUT2D eigenvalue weighted by atomic mass is 10.1. The number of benzene rings is 1. The van der Waals surface area contributed by atoms with Gasteiger partial charge in [-0.1, -0.05) is 18.2 Å². The van der Waals surface area contributed by atoms with Crippen molar-refractivity contribution in [2.75, 3.05) is 44.6 Å². The summed E-state index contributed by atoms with van der Waals surface area (Å²) >= 11 is 0. The second-order valence-corrected chi connectivity index (χ2v) is 5.19. The number of aromatic nitrogens is 1. The number of rotatable bonds is 4. The number of para-hydroxylation sites is 1. The van der Waals surface area contributed by atoms with E-state index in [9.17, 15) is 5.26 Å². The quantitative estimate of drug-likeness (QED) is 0.887. The molecule has 3 rings (SSSR count). The van der Waals surface area contributed by atoms with Gasteiger partial charge in [0, 0.05) is 50.9 Å². The Morgan fingerprint density at radius 3 is 2.90 bits per heavy atom. The predicted molar refractivity (Wildman–Crippen MR) is 84.3 cm³/mol. The molecule has 21 heavy (non-hydrogen) atoms. The second-order valence-electron chi connectivity index (χ2n) is 5.19. The lowest BCUT2D eigenvalue weighted by Gasteiger charge is -2.27. The molecule has 2 aromatic rings. The van der Waals surface area contributed by atoms with E-state index in [0.29, 0.717) is 5.56 Å². The molecule has 5 nitrogen and oxygen atoms in total. The van der Waals surface area contributed by atoms with Crippen molar-refractivity contribution in [3.05, 3.63) is 36.0 Å². The minimum Gasteiger partial charge on any atom is -0.382 e. The summed E-state index contributed by atoms with van der Waals surface area (Å²) in [5.41, 5.74) is 2.42. The first-order valence-corrected chi connectivity index (χ1v) is 7.33. The molecule has 1 saturated heterocycles. The Morgan fingerprint density at radius 1 is 1.29 bits per heavy atom. The highest BCUT2D eigenvalue weighted by molar-refractivity contribution is 5.93. The average Bonchev–Trinajstić information content (AvgIpc) is 2.56. The molecule has 0 saturated carbocycles. The van der Waals surface area contributed by atoms with Gasteiger partial charge in [-0.05, 0) is 6.07 Å². The third kappa shape index (κ3) is 3.13. The van der Waals surface area contributed by atoms with Gasteiger partial charge in [0.1, 0.15) is 6.07 Å². The monoisotopic (exact) mass is 281 g/mol. The summed E-state index contributed by atoms with van der Waals surface area (Å²) < 4.78 is 0. The van der Waals surface area contributed by atoms with Crippen LogP contribution >= 0.6 is 0 Å². The first-order valence-electron chi connectivity index (χ1n) is 7.33. The summed E-state index contributed by atoms with van der Waals surface area (Å²) in [7, 11) is 0. The minimum atomic E-state index is 0.606. The molecule has 1 aliphatic heterocycles. The number of anilines is 1. The van der Waals surface area contributed by atoms with Crippen molar-refractivity contribution < 1.29 is 0 Å². The largest absolute Gasteiger partial charge is 0.382 e. The lowest BCUT2D eigenvalue weighted by molar-refractivity contribution is 0.249. The van der Waals surface area contributed by atoms with Gasteiger partial charge < -0.3 is 10.6 Å². The normalized spacial score (nSPS) is 15.8. The average molecular weight is 281 g/mol. The Labute approximate surface area is 124 Å². The van der Waals surface area contributed by atoms with Crippen LogP contribution in [0.3, 0.4) is 0 Å². The number of hydrogen-bond donors (Lipinski definition) is 2. The topological polar surface area (TPSA) is 64.0 Å². The van der Waals surface area contributed by atoms with E-state index in [4.69, 9.17) is 0 Å². The van der Waals surface area contributed by atoms with Gasteiger partial charge in [-0.25, -0.2) is 0 Å². The Balaban J connectivity index is 1.74. The second kappa shape index (κ2) is 6.53. The van der Waals surface area contributed by atoms with Crippen LogP contribution in [0.4, 0.5) is 5.69 Å². The highest BCUT2D eigenvalue weighted by Gasteiger charge is 2.11. The van der Waals surface area contributed by atoms with Gasteiger partial charge in [0.2, 0.25) is 0 Å². The maximum Gasteiger partial charge on any atom is 0.103 e. The molecular formula is C16H19N5. The maximum absolute atomic E-state index is 9.28. The van der Waals surface area contributed by atoms with Crippen molar-refractivity contribution in [3.63, 3.8) is 0 Å². The zero-order valence-corrected chi connectivity index (χ0v) is 12.0. The number of nitrogens with zero attached hydrogens (tertiary/aromatic N) is 3. The molecule has 0 unspecified atom stereocenters. The minimum absolute atomic E-state index is 0.606. The van der Waals surface area contributed by atoms with Crippen LogP contribution in [0.25, 0.3) is 10.9 Å². The number of piperazine rings is 1. The summed E-state index contributed by atoms with van der Waals surface area (Å²) in [6, 6.07) is 10.2. The maximum atomic E-state index is 9.28. The zero-order chi connectivity index (χ0) is 14.5. The smallest absolute Gasteiger partial charge is 0.103 e. The molecule has 0 radical (unpaired) electrons. The van der Waals surface area contributed by atoms with Crippen LogP contribution in [-0.2, 0) is 0 Å². The molecule has 0 spiro atoms. The highest BCUT2D eigenvalue weighted by atomic mass is 15.2. The van der Waals surface area contributed by atoms with Gasteiger partial charge in [-0.3, -0.25) is 9.88 Å². The molecule has 2 heterocycles. The van der Waals surface area contributed by atoms with E-state index in [0.717, 1.165) is 55.9 Å². The van der Waals surface area contributed by atoms with E-state index in [-0.39, 0.29) is 0 Å². The van der Waals surface area contributed by atoms with Gasteiger partial charge in [0.05, 0.1) is 16.8 Å². The van der Waals surface area contributed by atoms with Crippen LogP contribution in [0.5, 0.6) is 0 Å². The van der Waals surface area contributed by atoms with Gasteiger partial charge in [-0.2, -0.15) is 5.26 Å². The van der Waals surface area contributed by atoms with Crippen molar-refractivity contribution in [1.82, 2.24) is 15.2 Å². The number of hydrogen-bond acceptors (Lipinski definition) is 5. The number of nitrogens with one attached hydrogen (secondary N) is 2. The van der Waals surface area contributed by atoms with Gasteiger partial charge in [-0.15, -0.1) is 0 Å².